The molecule has 0 aliphatic heterocycles. The fourth-order valence-electron chi connectivity index (χ4n) is 3.26. The zero-order valence-electron chi connectivity index (χ0n) is 18.9. The number of ether oxygens (including phenoxy) is 1. The van der Waals surface area contributed by atoms with E-state index in [2.05, 4.69) is 11.4 Å². The number of carbonyl (C=O) groups is 1. The van der Waals surface area contributed by atoms with E-state index in [0.29, 0.717) is 6.42 Å². The molecule has 0 aromatic rings. The van der Waals surface area contributed by atoms with Crippen LogP contribution in [-0.4, -0.2) is 40.3 Å². The highest BCUT2D eigenvalue weighted by Gasteiger charge is 2.35. The second kappa shape index (κ2) is 20.4. The number of hydrogen-bond donors (Lipinski definition) is 3. The molecular formula is C22H45O7P. The summed E-state index contributed by atoms with van der Waals surface area (Å²) in [4.78, 5) is 21.0. The lowest BCUT2D eigenvalue weighted by molar-refractivity contribution is -0.0386. The minimum atomic E-state index is -4.68. The molecule has 0 amide bonds. The molecule has 0 saturated carbocycles. The van der Waals surface area contributed by atoms with Gasteiger partial charge in [-0.1, -0.05) is 103 Å². The van der Waals surface area contributed by atoms with Crippen LogP contribution in [0.25, 0.3) is 0 Å². The lowest BCUT2D eigenvalue weighted by atomic mass is 10.0. The first-order chi connectivity index (χ1) is 14.4. The van der Waals surface area contributed by atoms with Gasteiger partial charge in [0.25, 0.3) is 0 Å². The fourth-order valence-corrected chi connectivity index (χ4v) is 4.04. The Kier molecular flexibility index (Phi) is 20.1. The first-order valence-corrected chi connectivity index (χ1v) is 13.5. The second-order valence-electron chi connectivity index (χ2n) is 8.01. The minimum Gasteiger partial charge on any atom is -0.457 e. The highest BCUT2D eigenvalue weighted by atomic mass is 31.2. The zero-order valence-corrected chi connectivity index (χ0v) is 19.8. The van der Waals surface area contributed by atoms with Crippen molar-refractivity contribution in [1.82, 2.24) is 0 Å². The van der Waals surface area contributed by atoms with E-state index in [9.17, 15) is 19.4 Å². The third-order valence-electron chi connectivity index (χ3n) is 5.09. The second-order valence-corrected chi connectivity index (χ2v) is 9.63. The summed E-state index contributed by atoms with van der Waals surface area (Å²) < 4.78 is 20.7. The lowest BCUT2D eigenvalue weighted by Gasteiger charge is -2.15. The molecule has 2 unspecified atom stereocenters. The first kappa shape index (κ1) is 29.5. The summed E-state index contributed by atoms with van der Waals surface area (Å²) in [5, 5.41) is 17.8. The van der Waals surface area contributed by atoms with E-state index in [1.165, 1.54) is 77.0 Å². The summed E-state index contributed by atoms with van der Waals surface area (Å²) in [5.74, 6) is 0. The largest absolute Gasteiger partial charge is 0.457 e. The van der Waals surface area contributed by atoms with E-state index in [1.807, 2.05) is 0 Å². The molecule has 0 fully saturated rings. The van der Waals surface area contributed by atoms with Gasteiger partial charge in [0, 0.05) is 13.0 Å². The van der Waals surface area contributed by atoms with Crippen LogP contribution >= 0.6 is 7.60 Å². The van der Waals surface area contributed by atoms with Crippen molar-refractivity contribution >= 4 is 13.3 Å². The monoisotopic (exact) mass is 452 g/mol. The SMILES string of the molecule is CCCCCCCCCCCCCCCCCCOC(=O)P(=O)(O)OC(O)CCO. The summed E-state index contributed by atoms with van der Waals surface area (Å²) in [6.45, 7) is 1.89. The Morgan fingerprint density at radius 1 is 0.800 bits per heavy atom. The summed E-state index contributed by atoms with van der Waals surface area (Å²) in [6.07, 6.45) is 17.9. The van der Waals surface area contributed by atoms with Crippen LogP contribution in [0.3, 0.4) is 0 Å². The van der Waals surface area contributed by atoms with Crippen LogP contribution in [0.5, 0.6) is 0 Å². The first-order valence-electron chi connectivity index (χ1n) is 11.9. The van der Waals surface area contributed by atoms with Gasteiger partial charge >= 0.3 is 13.3 Å². The van der Waals surface area contributed by atoms with Gasteiger partial charge in [-0.2, -0.15) is 0 Å². The quantitative estimate of drug-likeness (QED) is 0.100. The molecular weight excluding hydrogens is 407 g/mol. The molecule has 0 aromatic carbocycles. The molecule has 180 valence electrons. The molecule has 30 heavy (non-hydrogen) atoms. The van der Waals surface area contributed by atoms with Crippen molar-refractivity contribution in [3.05, 3.63) is 0 Å². The third kappa shape index (κ3) is 18.3. The molecule has 0 saturated heterocycles. The van der Waals surface area contributed by atoms with Crippen molar-refractivity contribution in [1.29, 1.82) is 0 Å². The normalized spacial score (nSPS) is 14.4. The van der Waals surface area contributed by atoms with Gasteiger partial charge in [0.15, 0.2) is 6.29 Å². The van der Waals surface area contributed by atoms with Crippen LogP contribution in [-0.2, 0) is 13.8 Å². The smallest absolute Gasteiger partial charge is 0.438 e. The van der Waals surface area contributed by atoms with E-state index in [4.69, 9.17) is 9.84 Å². The van der Waals surface area contributed by atoms with Crippen molar-refractivity contribution in [3.63, 3.8) is 0 Å². The standard InChI is InChI=1S/C22H45O7P/c1-2-3-4-5-6-7-8-9-10-11-12-13-14-15-16-17-20-28-22(25)30(26,27)29-21(24)18-19-23/h21,23-24H,2-20H2,1H3,(H,26,27). The van der Waals surface area contributed by atoms with Crippen LogP contribution in [0.2, 0.25) is 0 Å². The number of aliphatic hydroxyl groups excluding tert-OH is 2. The molecule has 0 aromatic heterocycles. The van der Waals surface area contributed by atoms with Gasteiger partial charge in [-0.3, -0.25) is 4.52 Å². The molecule has 0 radical (unpaired) electrons. The number of rotatable bonds is 22. The van der Waals surface area contributed by atoms with Gasteiger partial charge in [-0.15, -0.1) is 0 Å². The lowest BCUT2D eigenvalue weighted by Crippen LogP contribution is -2.16. The molecule has 0 rings (SSSR count). The molecule has 0 aliphatic carbocycles. The molecule has 2 atom stereocenters. The average molecular weight is 453 g/mol. The van der Waals surface area contributed by atoms with E-state index in [0.717, 1.165) is 19.3 Å². The minimum absolute atomic E-state index is 0.0568. The maximum atomic E-state index is 11.6. The predicted octanol–water partition coefficient (Wildman–Crippen LogP) is 6.29. The van der Waals surface area contributed by atoms with Gasteiger partial charge < -0.3 is 19.8 Å². The number of hydrogen-bond acceptors (Lipinski definition) is 6. The summed E-state index contributed by atoms with van der Waals surface area (Å²) >= 11 is 0. The van der Waals surface area contributed by atoms with Crippen LogP contribution in [0, 0.1) is 0 Å². The van der Waals surface area contributed by atoms with Gasteiger partial charge in [0.05, 0.1) is 6.61 Å². The molecule has 7 nitrogen and oxygen atoms in total. The zero-order chi connectivity index (χ0) is 22.5. The highest BCUT2D eigenvalue weighted by Crippen LogP contribution is 2.45. The molecule has 0 bridgehead atoms. The van der Waals surface area contributed by atoms with E-state index < -0.39 is 26.2 Å². The summed E-state index contributed by atoms with van der Waals surface area (Å²) in [6, 6.07) is 0. The Morgan fingerprint density at radius 2 is 1.20 bits per heavy atom. The Balaban J connectivity index is 3.40. The fraction of sp³-hybridized carbons (Fsp3) is 0.955. The Labute approximate surface area is 183 Å². The highest BCUT2D eigenvalue weighted by molar-refractivity contribution is 7.70. The maximum Gasteiger partial charge on any atom is 0.438 e. The molecule has 0 spiro atoms. The van der Waals surface area contributed by atoms with Crippen molar-refractivity contribution in [3.8, 4) is 0 Å². The third-order valence-corrected chi connectivity index (χ3v) is 6.21. The number of carbonyl (C=O) groups excluding carboxylic acids is 1. The molecule has 8 heteroatoms. The van der Waals surface area contributed by atoms with Gasteiger partial charge in [-0.25, -0.2) is 9.36 Å². The van der Waals surface area contributed by atoms with E-state index >= 15 is 0 Å². The summed E-state index contributed by atoms with van der Waals surface area (Å²) in [5.41, 5.74) is -1.36. The van der Waals surface area contributed by atoms with Crippen molar-refractivity contribution in [2.75, 3.05) is 13.2 Å². The Bertz CT molecular complexity index is 445. The van der Waals surface area contributed by atoms with E-state index in [1.54, 1.807) is 0 Å². The Morgan fingerprint density at radius 3 is 1.60 bits per heavy atom. The van der Waals surface area contributed by atoms with Gasteiger partial charge in [-0.05, 0) is 6.42 Å². The molecule has 3 N–H and O–H groups in total. The van der Waals surface area contributed by atoms with Crippen LogP contribution in [0.4, 0.5) is 4.79 Å². The topological polar surface area (TPSA) is 113 Å². The number of aliphatic hydroxyl groups is 2. The maximum absolute atomic E-state index is 11.6. The predicted molar refractivity (Wildman–Crippen MR) is 120 cm³/mol. The van der Waals surface area contributed by atoms with Crippen molar-refractivity contribution in [2.45, 2.75) is 122 Å². The van der Waals surface area contributed by atoms with E-state index in [-0.39, 0.29) is 13.0 Å². The van der Waals surface area contributed by atoms with Crippen LogP contribution in [0.1, 0.15) is 116 Å². The van der Waals surface area contributed by atoms with Crippen LogP contribution in [0.15, 0.2) is 0 Å². The average Bonchev–Trinajstić information content (AvgIpc) is 2.69. The molecule has 0 heterocycles. The van der Waals surface area contributed by atoms with Crippen LogP contribution < -0.4 is 0 Å². The Hall–Kier alpha value is -0.460. The summed E-state index contributed by atoms with van der Waals surface area (Å²) in [7, 11) is -4.68. The van der Waals surface area contributed by atoms with Crippen molar-refractivity contribution in [2.24, 2.45) is 0 Å². The van der Waals surface area contributed by atoms with Gasteiger partial charge in [0.1, 0.15) is 0 Å². The van der Waals surface area contributed by atoms with Crippen molar-refractivity contribution < 1.29 is 33.7 Å². The molecule has 0 aliphatic rings. The number of unbranched alkanes of at least 4 members (excludes halogenated alkanes) is 15. The van der Waals surface area contributed by atoms with Gasteiger partial charge in [0.2, 0.25) is 0 Å².